The number of esters is 1. The van der Waals surface area contributed by atoms with Crippen molar-refractivity contribution in [1.29, 1.82) is 0 Å². The summed E-state index contributed by atoms with van der Waals surface area (Å²) in [5.41, 5.74) is 2.27. The van der Waals surface area contributed by atoms with Crippen molar-refractivity contribution in [2.45, 2.75) is 24.3 Å². The first-order valence-corrected chi connectivity index (χ1v) is 10.5. The predicted molar refractivity (Wildman–Crippen MR) is 99.6 cm³/mol. The lowest BCUT2D eigenvalue weighted by Gasteiger charge is -2.28. The topological polar surface area (TPSA) is 80.7 Å². The lowest BCUT2D eigenvalue weighted by atomic mass is 10.00. The smallest absolute Gasteiger partial charge is 0.307 e. The van der Waals surface area contributed by atoms with Gasteiger partial charge in [-0.25, -0.2) is 12.8 Å². The summed E-state index contributed by atoms with van der Waals surface area (Å²) in [4.78, 5) is 25.7. The summed E-state index contributed by atoms with van der Waals surface area (Å²) in [6.07, 6.45) is 0.363. The monoisotopic (exact) mass is 405 g/mol. The Bertz CT molecular complexity index is 972. The number of nitrogens with zero attached hydrogens (tertiary/aromatic N) is 1. The summed E-state index contributed by atoms with van der Waals surface area (Å²) in [7, 11) is -3.73. The van der Waals surface area contributed by atoms with Crippen LogP contribution in [0.15, 0.2) is 53.4 Å². The van der Waals surface area contributed by atoms with Crippen LogP contribution in [0.1, 0.15) is 17.5 Å². The number of rotatable bonds is 6. The van der Waals surface area contributed by atoms with Gasteiger partial charge in [0.25, 0.3) is 5.91 Å². The molecule has 8 heteroatoms. The summed E-state index contributed by atoms with van der Waals surface area (Å²) in [5.74, 6) is -2.10. The van der Waals surface area contributed by atoms with E-state index in [-0.39, 0.29) is 17.2 Å². The van der Waals surface area contributed by atoms with Crippen LogP contribution in [0.25, 0.3) is 0 Å². The van der Waals surface area contributed by atoms with Crippen molar-refractivity contribution in [3.8, 4) is 0 Å². The molecular weight excluding hydrogens is 385 g/mol. The highest BCUT2D eigenvalue weighted by Crippen LogP contribution is 2.18. The van der Waals surface area contributed by atoms with Gasteiger partial charge in [0.1, 0.15) is 5.82 Å². The predicted octanol–water partition coefficient (Wildman–Crippen LogP) is 2.12. The fourth-order valence-electron chi connectivity index (χ4n) is 2.99. The molecule has 0 spiro atoms. The van der Waals surface area contributed by atoms with E-state index in [1.165, 1.54) is 5.56 Å². The van der Waals surface area contributed by atoms with E-state index in [2.05, 4.69) is 0 Å². The normalized spacial score (nSPS) is 13.7. The van der Waals surface area contributed by atoms with Gasteiger partial charge in [-0.15, -0.1) is 0 Å². The van der Waals surface area contributed by atoms with Crippen molar-refractivity contribution in [3.63, 3.8) is 0 Å². The molecule has 1 aliphatic rings. The van der Waals surface area contributed by atoms with Crippen molar-refractivity contribution in [2.75, 3.05) is 18.9 Å². The average molecular weight is 405 g/mol. The van der Waals surface area contributed by atoms with Crippen LogP contribution < -0.4 is 0 Å². The van der Waals surface area contributed by atoms with Crippen LogP contribution in [0.4, 0.5) is 4.39 Å². The number of carbonyl (C=O) groups excluding carboxylic acids is 2. The number of carbonyl (C=O) groups is 2. The Hall–Kier alpha value is -2.74. The van der Waals surface area contributed by atoms with E-state index in [0.717, 1.165) is 36.2 Å². The van der Waals surface area contributed by atoms with Crippen LogP contribution in [0, 0.1) is 5.82 Å². The maximum absolute atomic E-state index is 12.9. The van der Waals surface area contributed by atoms with Gasteiger partial charge in [-0.3, -0.25) is 9.59 Å². The molecule has 0 N–H and O–H groups in total. The second-order valence-corrected chi connectivity index (χ2v) is 8.63. The molecule has 28 heavy (non-hydrogen) atoms. The first-order valence-electron chi connectivity index (χ1n) is 8.84. The average Bonchev–Trinajstić information content (AvgIpc) is 2.70. The number of hydrogen-bond acceptors (Lipinski definition) is 5. The maximum atomic E-state index is 12.9. The summed E-state index contributed by atoms with van der Waals surface area (Å²) in [5, 5.41) is 0. The zero-order valence-corrected chi connectivity index (χ0v) is 16.0. The van der Waals surface area contributed by atoms with Crippen LogP contribution >= 0.6 is 0 Å². The van der Waals surface area contributed by atoms with E-state index < -0.39 is 34.0 Å². The fourth-order valence-corrected chi connectivity index (χ4v) is 4.21. The van der Waals surface area contributed by atoms with Crippen LogP contribution in [0.3, 0.4) is 0 Å². The van der Waals surface area contributed by atoms with Gasteiger partial charge in [0, 0.05) is 13.1 Å². The highest BCUT2D eigenvalue weighted by atomic mass is 32.2. The van der Waals surface area contributed by atoms with E-state index in [1.54, 1.807) is 4.90 Å². The maximum Gasteiger partial charge on any atom is 0.307 e. The zero-order valence-electron chi connectivity index (χ0n) is 15.1. The number of sulfone groups is 1. The summed E-state index contributed by atoms with van der Waals surface area (Å²) < 4.78 is 42.1. The lowest BCUT2D eigenvalue weighted by molar-refractivity contribution is -0.152. The molecule has 0 aliphatic carbocycles. The van der Waals surface area contributed by atoms with Gasteiger partial charge in [0.05, 0.1) is 17.1 Å². The van der Waals surface area contributed by atoms with Crippen LogP contribution in [0.2, 0.25) is 0 Å². The zero-order chi connectivity index (χ0) is 20.1. The van der Waals surface area contributed by atoms with Gasteiger partial charge in [0.2, 0.25) is 0 Å². The van der Waals surface area contributed by atoms with Crippen LogP contribution in [-0.4, -0.2) is 44.1 Å². The second kappa shape index (κ2) is 8.52. The Labute approximate surface area is 162 Å². The highest BCUT2D eigenvalue weighted by Gasteiger charge is 2.22. The van der Waals surface area contributed by atoms with Crippen molar-refractivity contribution in [1.82, 2.24) is 4.90 Å². The standard InChI is InChI=1S/C20H20FNO5S/c21-17-5-7-18(8-6-17)28(25,26)12-10-20(24)27-14-19(23)22-11-9-15-3-1-2-4-16(15)13-22/h1-8H,9-14H2. The van der Waals surface area contributed by atoms with E-state index in [9.17, 15) is 22.4 Å². The molecule has 1 aliphatic heterocycles. The molecule has 2 aromatic rings. The minimum absolute atomic E-state index is 0.0650. The minimum Gasteiger partial charge on any atom is -0.456 e. The molecule has 0 saturated carbocycles. The SMILES string of the molecule is O=C(CCS(=O)(=O)c1ccc(F)cc1)OCC(=O)N1CCc2ccccc2C1. The molecule has 0 atom stereocenters. The largest absolute Gasteiger partial charge is 0.456 e. The molecule has 0 saturated heterocycles. The Morgan fingerprint density at radius 3 is 2.43 bits per heavy atom. The lowest BCUT2D eigenvalue weighted by Crippen LogP contribution is -2.38. The Morgan fingerprint density at radius 2 is 1.71 bits per heavy atom. The molecule has 148 valence electrons. The molecule has 6 nitrogen and oxygen atoms in total. The number of hydrogen-bond donors (Lipinski definition) is 0. The quantitative estimate of drug-likeness (QED) is 0.543. The molecule has 0 bridgehead atoms. The van der Waals surface area contributed by atoms with Gasteiger partial charge in [0.15, 0.2) is 16.4 Å². The second-order valence-electron chi connectivity index (χ2n) is 6.52. The highest BCUT2D eigenvalue weighted by molar-refractivity contribution is 7.91. The van der Waals surface area contributed by atoms with E-state index in [0.29, 0.717) is 13.1 Å². The molecule has 0 fully saturated rings. The van der Waals surface area contributed by atoms with E-state index in [1.807, 2.05) is 24.3 Å². The number of fused-ring (bicyclic) bond motifs is 1. The molecule has 0 unspecified atom stereocenters. The summed E-state index contributed by atoms with van der Waals surface area (Å²) >= 11 is 0. The van der Waals surface area contributed by atoms with Crippen molar-refractivity contribution in [2.24, 2.45) is 0 Å². The van der Waals surface area contributed by atoms with Crippen molar-refractivity contribution >= 4 is 21.7 Å². The van der Waals surface area contributed by atoms with Gasteiger partial charge in [-0.05, 0) is 41.8 Å². The molecule has 3 rings (SSSR count). The number of halogens is 1. The summed E-state index contributed by atoms with van der Waals surface area (Å²) in [6, 6.07) is 12.2. The van der Waals surface area contributed by atoms with Crippen LogP contribution in [-0.2, 0) is 37.1 Å². The third-order valence-electron chi connectivity index (χ3n) is 4.59. The first kappa shape index (κ1) is 20.0. The summed E-state index contributed by atoms with van der Waals surface area (Å²) in [6.45, 7) is 0.593. The fraction of sp³-hybridized carbons (Fsp3) is 0.300. The van der Waals surface area contributed by atoms with Crippen molar-refractivity contribution < 1.29 is 27.1 Å². The van der Waals surface area contributed by atoms with E-state index >= 15 is 0 Å². The molecule has 1 heterocycles. The van der Waals surface area contributed by atoms with Gasteiger partial charge in [-0.1, -0.05) is 24.3 Å². The number of amides is 1. The minimum atomic E-state index is -3.73. The molecule has 0 radical (unpaired) electrons. The molecular formula is C20H20FNO5S. The Balaban J connectivity index is 1.47. The first-order chi connectivity index (χ1) is 13.3. The van der Waals surface area contributed by atoms with Gasteiger partial charge < -0.3 is 9.64 Å². The molecule has 1 amide bonds. The molecule has 0 aromatic heterocycles. The van der Waals surface area contributed by atoms with Gasteiger partial charge >= 0.3 is 5.97 Å². The third-order valence-corrected chi connectivity index (χ3v) is 6.32. The Kier molecular flexibility index (Phi) is 6.08. The molecule has 2 aromatic carbocycles. The number of ether oxygens (including phenoxy) is 1. The number of benzene rings is 2. The third kappa shape index (κ3) is 4.95. The van der Waals surface area contributed by atoms with Crippen molar-refractivity contribution in [3.05, 3.63) is 65.5 Å². The Morgan fingerprint density at radius 1 is 1.04 bits per heavy atom. The van der Waals surface area contributed by atoms with Crippen LogP contribution in [0.5, 0.6) is 0 Å². The van der Waals surface area contributed by atoms with Gasteiger partial charge in [-0.2, -0.15) is 0 Å². The van der Waals surface area contributed by atoms with E-state index in [4.69, 9.17) is 4.74 Å².